The number of aromatic nitrogens is 3. The third-order valence-corrected chi connectivity index (χ3v) is 10.7. The molecule has 0 saturated heterocycles. The lowest BCUT2D eigenvalue weighted by Crippen LogP contribution is -2.12. The maximum atomic E-state index is 6.59. The fraction of sp³-hybridized carbons (Fsp3) is 0.0408. The van der Waals surface area contributed by atoms with Gasteiger partial charge in [-0.1, -0.05) is 152 Å². The molecule has 9 aromatic rings. The average molecular weight is 694 g/mol. The van der Waals surface area contributed by atoms with Crippen LogP contribution in [0.3, 0.4) is 0 Å². The molecule has 2 aliphatic carbocycles. The van der Waals surface area contributed by atoms with E-state index in [1.807, 2.05) is 42.5 Å². The maximum absolute atomic E-state index is 6.59. The molecule has 2 unspecified atom stereocenters. The molecule has 0 bridgehead atoms. The van der Waals surface area contributed by atoms with Crippen LogP contribution in [0, 0.1) is 11.8 Å². The number of rotatable bonds is 5. The number of hydrogen-bond acceptors (Lipinski definition) is 5. The van der Waals surface area contributed by atoms with Gasteiger partial charge in [0.1, 0.15) is 22.3 Å². The van der Waals surface area contributed by atoms with Crippen molar-refractivity contribution in [1.29, 1.82) is 0 Å². The first kappa shape index (κ1) is 30.5. The first-order chi connectivity index (χ1) is 26.7. The van der Waals surface area contributed by atoms with Crippen LogP contribution in [0.4, 0.5) is 0 Å². The molecule has 0 saturated carbocycles. The summed E-state index contributed by atoms with van der Waals surface area (Å²) in [6.45, 7) is 0. The molecule has 2 aliphatic rings. The van der Waals surface area contributed by atoms with Crippen LogP contribution in [0.2, 0.25) is 0 Å². The number of nitrogens with zero attached hydrogens (tertiary/aromatic N) is 3. The van der Waals surface area contributed by atoms with Crippen LogP contribution in [0.25, 0.3) is 94.5 Å². The van der Waals surface area contributed by atoms with Crippen LogP contribution in [0.15, 0.2) is 185 Å². The van der Waals surface area contributed by atoms with Crippen molar-refractivity contribution in [2.24, 2.45) is 11.8 Å². The van der Waals surface area contributed by atoms with Gasteiger partial charge in [-0.05, 0) is 41.0 Å². The van der Waals surface area contributed by atoms with E-state index in [2.05, 4.69) is 134 Å². The van der Waals surface area contributed by atoms with Crippen LogP contribution in [-0.4, -0.2) is 15.0 Å². The van der Waals surface area contributed by atoms with Crippen molar-refractivity contribution in [2.75, 3.05) is 0 Å². The molecule has 3 heterocycles. The predicted molar refractivity (Wildman–Crippen MR) is 219 cm³/mol. The first-order valence-electron chi connectivity index (χ1n) is 18.3. The summed E-state index contributed by atoms with van der Waals surface area (Å²) in [5.41, 5.74) is 10.2. The smallest absolute Gasteiger partial charge is 0.164 e. The lowest BCUT2D eigenvalue weighted by atomic mass is 9.83. The van der Waals surface area contributed by atoms with Crippen LogP contribution in [0.5, 0.6) is 0 Å². The fourth-order valence-corrected chi connectivity index (χ4v) is 7.99. The Morgan fingerprint density at radius 3 is 1.94 bits per heavy atom. The molecule has 5 heteroatoms. The monoisotopic (exact) mass is 693 g/mol. The number of allylic oxidation sites excluding steroid dienone is 8. The Morgan fingerprint density at radius 1 is 0.426 bits per heavy atom. The number of furan rings is 2. The summed E-state index contributed by atoms with van der Waals surface area (Å²) in [4.78, 5) is 15.7. The van der Waals surface area contributed by atoms with Crippen molar-refractivity contribution in [1.82, 2.24) is 15.0 Å². The summed E-state index contributed by atoms with van der Waals surface area (Å²) < 4.78 is 13.1. The van der Waals surface area contributed by atoms with Gasteiger partial charge in [0.05, 0.1) is 0 Å². The van der Waals surface area contributed by atoms with E-state index >= 15 is 0 Å². The Hall–Kier alpha value is -7.11. The number of hydrogen-bond donors (Lipinski definition) is 0. The van der Waals surface area contributed by atoms with Gasteiger partial charge in [-0.15, -0.1) is 0 Å². The zero-order valence-electron chi connectivity index (χ0n) is 29.1. The minimum absolute atomic E-state index is 0.237. The van der Waals surface area contributed by atoms with E-state index in [1.54, 1.807) is 0 Å². The molecule has 0 N–H and O–H groups in total. The van der Waals surface area contributed by atoms with Gasteiger partial charge in [0.15, 0.2) is 17.5 Å². The minimum Gasteiger partial charge on any atom is -0.456 e. The van der Waals surface area contributed by atoms with E-state index in [1.165, 1.54) is 0 Å². The van der Waals surface area contributed by atoms with Gasteiger partial charge < -0.3 is 8.83 Å². The Morgan fingerprint density at radius 2 is 1.09 bits per heavy atom. The Kier molecular flexibility index (Phi) is 6.92. The van der Waals surface area contributed by atoms with Gasteiger partial charge in [0.2, 0.25) is 0 Å². The van der Waals surface area contributed by atoms with Crippen molar-refractivity contribution in [2.45, 2.75) is 0 Å². The number of benzene rings is 6. The van der Waals surface area contributed by atoms with Crippen molar-refractivity contribution in [3.63, 3.8) is 0 Å². The van der Waals surface area contributed by atoms with Crippen molar-refractivity contribution in [3.05, 3.63) is 182 Å². The molecule has 54 heavy (non-hydrogen) atoms. The van der Waals surface area contributed by atoms with E-state index < -0.39 is 0 Å². The normalized spacial score (nSPS) is 16.4. The maximum Gasteiger partial charge on any atom is 0.164 e. The molecule has 6 aromatic carbocycles. The Balaban J connectivity index is 1.15. The summed E-state index contributed by atoms with van der Waals surface area (Å²) in [6.07, 6.45) is 15.4. The zero-order valence-corrected chi connectivity index (χ0v) is 29.1. The van der Waals surface area contributed by atoms with Crippen molar-refractivity contribution < 1.29 is 8.83 Å². The Labute approximate surface area is 311 Å². The average Bonchev–Trinajstić information content (AvgIpc) is 3.82. The highest BCUT2D eigenvalue weighted by Gasteiger charge is 2.24. The van der Waals surface area contributed by atoms with Gasteiger partial charge in [-0.2, -0.15) is 0 Å². The van der Waals surface area contributed by atoms with Gasteiger partial charge in [-0.25, -0.2) is 15.0 Å². The van der Waals surface area contributed by atoms with Gasteiger partial charge in [0, 0.05) is 55.6 Å². The highest BCUT2D eigenvalue weighted by Crippen LogP contribution is 2.43. The molecular weight excluding hydrogens is 663 g/mol. The Bertz CT molecular complexity index is 3050. The summed E-state index contributed by atoms with van der Waals surface area (Å²) in [5, 5.41) is 4.12. The lowest BCUT2D eigenvalue weighted by molar-refractivity contribution is 0.662. The first-order valence-corrected chi connectivity index (χ1v) is 18.3. The van der Waals surface area contributed by atoms with Gasteiger partial charge in [0.25, 0.3) is 0 Å². The lowest BCUT2D eigenvalue weighted by Gasteiger charge is -2.22. The molecule has 254 valence electrons. The summed E-state index contributed by atoms with van der Waals surface area (Å²) >= 11 is 0. The summed E-state index contributed by atoms with van der Waals surface area (Å²) in [7, 11) is 0. The molecule has 0 amide bonds. The third kappa shape index (κ3) is 5.05. The molecule has 0 aliphatic heterocycles. The van der Waals surface area contributed by atoms with Crippen LogP contribution >= 0.6 is 0 Å². The second-order valence-corrected chi connectivity index (χ2v) is 13.9. The topological polar surface area (TPSA) is 65.0 Å². The predicted octanol–water partition coefficient (Wildman–Crippen LogP) is 12.6. The molecule has 0 spiro atoms. The molecule has 11 rings (SSSR count). The molecular formula is C49H31N3O2. The zero-order chi connectivity index (χ0) is 35.6. The molecule has 3 aromatic heterocycles. The van der Waals surface area contributed by atoms with Crippen LogP contribution < -0.4 is 0 Å². The van der Waals surface area contributed by atoms with Gasteiger partial charge in [-0.3, -0.25) is 0 Å². The van der Waals surface area contributed by atoms with Crippen LogP contribution in [0.1, 0.15) is 5.82 Å². The second-order valence-electron chi connectivity index (χ2n) is 13.9. The van der Waals surface area contributed by atoms with E-state index in [0.717, 1.165) is 82.8 Å². The largest absolute Gasteiger partial charge is 0.456 e. The second kappa shape index (κ2) is 12.2. The molecule has 2 atom stereocenters. The third-order valence-electron chi connectivity index (χ3n) is 10.7. The van der Waals surface area contributed by atoms with E-state index in [-0.39, 0.29) is 5.92 Å². The highest BCUT2D eigenvalue weighted by atomic mass is 16.3. The standard InChI is InChI=1S/C49H31N3O2/c1-2-11-30(12-3-1)32-21-24-33(25-22-32)47-50-48(35-26-23-31-13-4-5-14-34(31)27-35)52-49(51-47)41-28-36(29-44-45(41)40-16-7-9-20-43(40)53-44)37-17-10-18-39-38-15-6-8-19-42(38)54-46(37)39/h1-29,31,34H. The molecule has 5 nitrogen and oxygen atoms in total. The SMILES string of the molecule is C1=CC2C=CC(c3nc(-c4ccc(-c5ccccc5)cc4)nc(-c4cc(-c5cccc6c5oc5ccccc56)cc5oc6ccccc6c45)n3)=CC2C=C1. The van der Waals surface area contributed by atoms with E-state index in [0.29, 0.717) is 23.4 Å². The summed E-state index contributed by atoms with van der Waals surface area (Å²) in [6, 6.07) is 45.8. The molecule has 0 radical (unpaired) electrons. The van der Waals surface area contributed by atoms with Gasteiger partial charge >= 0.3 is 0 Å². The highest BCUT2D eigenvalue weighted by molar-refractivity contribution is 6.15. The van der Waals surface area contributed by atoms with Crippen molar-refractivity contribution in [3.8, 4) is 45.0 Å². The number of fused-ring (bicyclic) bond motifs is 7. The number of para-hydroxylation sites is 3. The van der Waals surface area contributed by atoms with E-state index in [4.69, 9.17) is 23.8 Å². The quantitative estimate of drug-likeness (QED) is 0.179. The molecule has 0 fully saturated rings. The summed E-state index contributed by atoms with van der Waals surface area (Å²) in [5.74, 6) is 2.37. The minimum atomic E-state index is 0.237. The van der Waals surface area contributed by atoms with Crippen molar-refractivity contribution >= 4 is 49.5 Å². The van der Waals surface area contributed by atoms with E-state index in [9.17, 15) is 0 Å². The fourth-order valence-electron chi connectivity index (χ4n) is 7.99. The van der Waals surface area contributed by atoms with Crippen LogP contribution in [-0.2, 0) is 0 Å².